The van der Waals surface area contributed by atoms with Crippen LogP contribution in [-0.2, 0) is 38.1 Å². The molecule has 0 saturated carbocycles. The molecule has 9 nitrogen and oxygen atoms in total. The lowest BCUT2D eigenvalue weighted by Crippen LogP contribution is -2.36. The monoisotopic (exact) mass is 490 g/mol. The average Bonchev–Trinajstić information content (AvgIpc) is 2.77. The summed E-state index contributed by atoms with van der Waals surface area (Å²) >= 11 is 1.33. The lowest BCUT2D eigenvalue weighted by Gasteiger charge is -2.28. The molecule has 0 heterocycles. The molecule has 0 aromatic heterocycles. The normalized spacial score (nSPS) is 13.9. The lowest BCUT2D eigenvalue weighted by atomic mass is 9.88. The van der Waals surface area contributed by atoms with E-state index in [1.807, 2.05) is 6.92 Å². The number of ether oxygens (including phenoxy) is 4. The zero-order valence-corrected chi connectivity index (χ0v) is 21.2. The van der Waals surface area contributed by atoms with Gasteiger partial charge in [-0.2, -0.15) is 11.8 Å². The molecule has 2 atom stereocenters. The number of rotatable bonds is 17. The summed E-state index contributed by atoms with van der Waals surface area (Å²) in [6.07, 6.45) is 1.31. The molecule has 0 fully saturated rings. The van der Waals surface area contributed by atoms with Crippen LogP contribution in [0.3, 0.4) is 0 Å². The molecule has 190 valence electrons. The fraction of sp³-hybridized carbons (Fsp3) is 0.739. The highest BCUT2D eigenvalue weighted by atomic mass is 32.2. The maximum atomic E-state index is 12.5. The quantitative estimate of drug-likeness (QED) is 0.141. The minimum atomic E-state index is -1.03. The molecule has 33 heavy (non-hydrogen) atoms. The highest BCUT2D eigenvalue weighted by Crippen LogP contribution is 2.25. The molecule has 0 aliphatic heterocycles. The van der Waals surface area contributed by atoms with Crippen molar-refractivity contribution in [1.29, 1.82) is 0 Å². The van der Waals surface area contributed by atoms with E-state index in [1.165, 1.54) is 11.8 Å². The number of esters is 4. The number of carbonyl (C=O) groups is 4. The smallest absolute Gasteiger partial charge is 0.330 e. The van der Waals surface area contributed by atoms with Gasteiger partial charge in [-0.25, -0.2) is 4.79 Å². The number of hydrogen-bond acceptors (Lipinski definition) is 10. The fourth-order valence-electron chi connectivity index (χ4n) is 2.25. The summed E-state index contributed by atoms with van der Waals surface area (Å²) in [5.41, 5.74) is -1.65. The molecule has 0 radical (unpaired) electrons. The van der Waals surface area contributed by atoms with Crippen molar-refractivity contribution in [2.75, 3.05) is 37.9 Å². The maximum Gasteiger partial charge on any atom is 0.330 e. The van der Waals surface area contributed by atoms with E-state index in [0.29, 0.717) is 18.6 Å². The molecular weight excluding hydrogens is 452 g/mol. The summed E-state index contributed by atoms with van der Waals surface area (Å²) in [7, 11) is 0. The Balaban J connectivity index is 4.83. The first-order valence-corrected chi connectivity index (χ1v) is 12.0. The molecule has 0 aliphatic carbocycles. The van der Waals surface area contributed by atoms with Crippen molar-refractivity contribution >= 4 is 35.6 Å². The summed E-state index contributed by atoms with van der Waals surface area (Å²) in [4.78, 5) is 48.0. The van der Waals surface area contributed by atoms with Gasteiger partial charge in [0.05, 0.1) is 17.6 Å². The highest BCUT2D eigenvalue weighted by molar-refractivity contribution is 7.99. The van der Waals surface area contributed by atoms with Crippen LogP contribution in [-0.4, -0.2) is 73.0 Å². The molecule has 0 aliphatic rings. The molecule has 0 spiro atoms. The van der Waals surface area contributed by atoms with Crippen LogP contribution in [0.5, 0.6) is 0 Å². The van der Waals surface area contributed by atoms with E-state index >= 15 is 0 Å². The van der Waals surface area contributed by atoms with Gasteiger partial charge in [0, 0.05) is 18.1 Å². The number of aliphatic hydroxyl groups is 1. The third-order valence-electron chi connectivity index (χ3n) is 4.77. The van der Waals surface area contributed by atoms with Crippen molar-refractivity contribution in [2.24, 2.45) is 10.8 Å². The average molecular weight is 491 g/mol. The lowest BCUT2D eigenvalue weighted by molar-refractivity contribution is -0.167. The Bertz CT molecular complexity index is 662. The van der Waals surface area contributed by atoms with Crippen LogP contribution >= 0.6 is 11.8 Å². The highest BCUT2D eigenvalue weighted by Gasteiger charge is 2.33. The van der Waals surface area contributed by atoms with Crippen molar-refractivity contribution in [1.82, 2.24) is 0 Å². The maximum absolute atomic E-state index is 12.5. The second-order valence-electron chi connectivity index (χ2n) is 8.73. The molecule has 2 unspecified atom stereocenters. The van der Waals surface area contributed by atoms with E-state index < -0.39 is 34.8 Å². The van der Waals surface area contributed by atoms with Crippen molar-refractivity contribution in [2.45, 2.75) is 60.0 Å². The molecule has 0 bridgehead atoms. The molecule has 0 aromatic carbocycles. The van der Waals surface area contributed by atoms with Crippen molar-refractivity contribution in [3.05, 3.63) is 12.7 Å². The van der Waals surface area contributed by atoms with Gasteiger partial charge in [-0.15, -0.1) is 0 Å². The van der Waals surface area contributed by atoms with Gasteiger partial charge in [0.25, 0.3) is 0 Å². The van der Waals surface area contributed by atoms with E-state index in [0.717, 1.165) is 6.08 Å². The first-order chi connectivity index (χ1) is 15.4. The van der Waals surface area contributed by atoms with E-state index in [4.69, 9.17) is 24.1 Å². The predicted octanol–water partition coefficient (Wildman–Crippen LogP) is 2.68. The largest absolute Gasteiger partial charge is 0.464 e. The van der Waals surface area contributed by atoms with Gasteiger partial charge in [0.1, 0.15) is 25.9 Å². The molecule has 1 N–H and O–H groups in total. The van der Waals surface area contributed by atoms with Gasteiger partial charge in [-0.3, -0.25) is 14.4 Å². The van der Waals surface area contributed by atoms with Crippen molar-refractivity contribution in [3.8, 4) is 0 Å². The summed E-state index contributed by atoms with van der Waals surface area (Å²) in [6.45, 7) is 11.6. The van der Waals surface area contributed by atoms with Crippen molar-refractivity contribution < 1.29 is 43.2 Å². The number of carbonyl (C=O) groups excluding carboxylic acids is 4. The molecule has 0 saturated heterocycles. The second-order valence-corrected chi connectivity index (χ2v) is 9.83. The molecular formula is C23H38O9S. The van der Waals surface area contributed by atoms with Gasteiger partial charge in [-0.1, -0.05) is 20.4 Å². The van der Waals surface area contributed by atoms with E-state index in [-0.39, 0.29) is 44.6 Å². The van der Waals surface area contributed by atoms with Crippen LogP contribution in [0.15, 0.2) is 12.7 Å². The van der Waals surface area contributed by atoms with Crippen LogP contribution in [0.2, 0.25) is 0 Å². The van der Waals surface area contributed by atoms with Crippen LogP contribution in [0, 0.1) is 10.8 Å². The third kappa shape index (κ3) is 13.9. The van der Waals surface area contributed by atoms with Gasteiger partial charge in [-0.05, 0) is 39.4 Å². The molecule has 0 aromatic rings. The first-order valence-electron chi connectivity index (χ1n) is 10.9. The zero-order valence-electron chi connectivity index (χ0n) is 20.3. The van der Waals surface area contributed by atoms with Crippen molar-refractivity contribution in [3.63, 3.8) is 0 Å². The van der Waals surface area contributed by atoms with Gasteiger partial charge in [0.2, 0.25) is 0 Å². The second kappa shape index (κ2) is 15.7. The number of aliphatic hydroxyl groups excluding tert-OH is 1. The van der Waals surface area contributed by atoms with Gasteiger partial charge >= 0.3 is 23.9 Å². The number of hydrogen-bond donors (Lipinski definition) is 1. The summed E-state index contributed by atoms with van der Waals surface area (Å²) < 4.78 is 20.9. The third-order valence-corrected chi connectivity index (χ3v) is 5.78. The van der Waals surface area contributed by atoms with Crippen LogP contribution in [0.25, 0.3) is 0 Å². The Kier molecular flexibility index (Phi) is 14.7. The Morgan fingerprint density at radius 2 is 1.70 bits per heavy atom. The standard InChI is InChI=1S/C23H38O9S/c1-7-18(25)30-15-23(6,16-31-20(27)14-33-11-9-10-24)12-19(26)32-17(3)13-29-21(28)22(4,5)8-2/h7,17,24H,1,8-16H2,2-6H3. The van der Waals surface area contributed by atoms with Crippen LogP contribution in [0.4, 0.5) is 0 Å². The van der Waals surface area contributed by atoms with Gasteiger partial charge < -0.3 is 24.1 Å². The van der Waals surface area contributed by atoms with Crippen LogP contribution in [0.1, 0.15) is 53.9 Å². The Morgan fingerprint density at radius 3 is 2.27 bits per heavy atom. The predicted molar refractivity (Wildman–Crippen MR) is 124 cm³/mol. The van der Waals surface area contributed by atoms with E-state index in [2.05, 4.69) is 6.58 Å². The fourth-order valence-corrected chi connectivity index (χ4v) is 2.98. The van der Waals surface area contributed by atoms with Gasteiger partial charge in [0.15, 0.2) is 0 Å². The van der Waals surface area contributed by atoms with Crippen LogP contribution < -0.4 is 0 Å². The molecule has 10 heteroatoms. The minimum absolute atomic E-state index is 0.0465. The summed E-state index contributed by atoms with van der Waals surface area (Å²) in [5.74, 6) is -1.42. The van der Waals surface area contributed by atoms with E-state index in [9.17, 15) is 19.2 Å². The number of thioether (sulfide) groups is 1. The first kappa shape index (κ1) is 30.9. The Hall–Kier alpha value is -2.07. The van der Waals surface area contributed by atoms with E-state index in [1.54, 1.807) is 27.7 Å². The molecule has 0 amide bonds. The topological polar surface area (TPSA) is 125 Å². The summed E-state index contributed by atoms with van der Waals surface area (Å²) in [5, 5.41) is 8.77. The zero-order chi connectivity index (χ0) is 25.5. The molecule has 0 rings (SSSR count). The summed E-state index contributed by atoms with van der Waals surface area (Å²) in [6, 6.07) is 0. The Labute approximate surface area is 200 Å². The minimum Gasteiger partial charge on any atom is -0.464 e. The Morgan fingerprint density at radius 1 is 1.06 bits per heavy atom. The SMILES string of the molecule is C=CC(=O)OCC(C)(COC(=O)CSCCCO)CC(=O)OC(C)COC(=O)C(C)(C)CC.